The molecule has 1 rings (SSSR count). The van der Waals surface area contributed by atoms with Crippen LogP contribution in [0.4, 0.5) is 0 Å². The Kier molecular flexibility index (Phi) is 8.80. The molecule has 0 saturated carbocycles. The molecule has 0 aromatic carbocycles. The minimum atomic E-state index is 0. The summed E-state index contributed by atoms with van der Waals surface area (Å²) in [5.74, 6) is 0. The summed E-state index contributed by atoms with van der Waals surface area (Å²) in [4.78, 5) is 3.78. The van der Waals surface area contributed by atoms with E-state index in [0.29, 0.717) is 0 Å². The molecule has 0 fully saturated rings. The molecule has 0 N–H and O–H groups in total. The van der Waals surface area contributed by atoms with Crippen LogP contribution in [0.2, 0.25) is 0 Å². The maximum absolute atomic E-state index is 3.78. The van der Waals surface area contributed by atoms with E-state index in [4.69, 9.17) is 0 Å². The Hall–Kier alpha value is -0.356. The van der Waals surface area contributed by atoms with E-state index in [-0.39, 0.29) is 23.9 Å². The zero-order valence-electron chi connectivity index (χ0n) is 4.65. The molecule has 0 aliphatic heterocycles. The number of rotatable bonds is 0. The Morgan fingerprint density at radius 1 is 0.875 bits per heavy atom. The van der Waals surface area contributed by atoms with Gasteiger partial charge in [-0.1, -0.05) is 6.07 Å². The summed E-state index contributed by atoms with van der Waals surface area (Å²) in [7, 11) is 0. The molecule has 0 unspecified atom stereocenters. The van der Waals surface area contributed by atoms with E-state index in [2.05, 4.69) is 4.98 Å². The fourth-order valence-electron chi connectivity index (χ4n) is 0.313. The molecule has 0 atom stereocenters. The average molecular weight is 153 g/mol. The van der Waals surface area contributed by atoms with Gasteiger partial charge in [0.25, 0.3) is 0 Å². The molecule has 0 amide bonds. The number of nitrogens with zero attached hydrogens (tertiary/aromatic N) is 1. The summed E-state index contributed by atoms with van der Waals surface area (Å²) in [5.41, 5.74) is 0. The van der Waals surface area contributed by atoms with Gasteiger partial charge in [0.05, 0.1) is 0 Å². The third-order valence-electron chi connectivity index (χ3n) is 0.566. The predicted molar refractivity (Wildman–Crippen MR) is 30.7 cm³/mol. The van der Waals surface area contributed by atoms with E-state index in [9.17, 15) is 0 Å². The van der Waals surface area contributed by atoms with Crippen LogP contribution < -0.4 is 0 Å². The Morgan fingerprint density at radius 2 is 1.38 bits per heavy atom. The normalized spacial score (nSPS) is 6.00. The third-order valence-corrected chi connectivity index (χ3v) is 0.566. The molecule has 2 heteroatoms. The van der Waals surface area contributed by atoms with E-state index >= 15 is 0 Å². The third kappa shape index (κ3) is 3.82. The van der Waals surface area contributed by atoms with Crippen molar-refractivity contribution >= 4 is 0 Å². The molecule has 8 heavy (non-hydrogen) atoms. The second-order valence-corrected chi connectivity index (χ2v) is 1.02. The van der Waals surface area contributed by atoms with Gasteiger partial charge in [-0.2, -0.15) is 0 Å². The van der Waals surface area contributed by atoms with E-state index in [0.717, 1.165) is 0 Å². The van der Waals surface area contributed by atoms with Crippen LogP contribution in [0.5, 0.6) is 0 Å². The van der Waals surface area contributed by atoms with Crippen LogP contribution in [0, 0.1) is 7.43 Å². The number of hydrogen-bond donors (Lipinski definition) is 0. The molecule has 1 nitrogen and oxygen atoms in total. The van der Waals surface area contributed by atoms with Gasteiger partial charge in [-0.15, -0.1) is 0 Å². The number of aromatic nitrogens is 1. The summed E-state index contributed by atoms with van der Waals surface area (Å²) in [6, 6.07) is 5.72. The largest absolute Gasteiger partial charge is 0.358 e. The second-order valence-electron chi connectivity index (χ2n) is 1.02. The van der Waals surface area contributed by atoms with Crippen LogP contribution in [0.1, 0.15) is 0 Å². The van der Waals surface area contributed by atoms with Gasteiger partial charge in [0, 0.05) is 28.9 Å². The van der Waals surface area contributed by atoms with Gasteiger partial charge >= 0.3 is 0 Å². The summed E-state index contributed by atoms with van der Waals surface area (Å²) >= 11 is 0. The molecule has 48 valence electrons. The second kappa shape index (κ2) is 6.64. The Balaban J connectivity index is 0. The van der Waals surface area contributed by atoms with Crippen LogP contribution in [0.25, 0.3) is 0 Å². The van der Waals surface area contributed by atoms with Crippen LogP contribution in [0.3, 0.4) is 0 Å². The van der Waals surface area contributed by atoms with Gasteiger partial charge in [-0.3, -0.25) is 4.98 Å². The molecule has 0 aliphatic carbocycles. The van der Waals surface area contributed by atoms with Crippen molar-refractivity contribution in [2.24, 2.45) is 0 Å². The first-order chi connectivity index (χ1) is 3.00. The maximum Gasteiger partial charge on any atom is 0.0267 e. The standard InChI is InChI=1S/C5H5N.CH3.Ni/c1-2-4-6-5-3-1;;/h1-5H;1H3;/q;-1;. The number of pyridine rings is 1. The van der Waals surface area contributed by atoms with Crippen molar-refractivity contribution in [1.29, 1.82) is 0 Å². The fourth-order valence-corrected chi connectivity index (χ4v) is 0.313. The molecule has 1 aromatic heterocycles. The van der Waals surface area contributed by atoms with Crippen LogP contribution in [-0.4, -0.2) is 4.98 Å². The molecule has 0 saturated heterocycles. The van der Waals surface area contributed by atoms with Crippen molar-refractivity contribution in [2.75, 3.05) is 0 Å². The Bertz CT molecular complexity index is 80.5. The first kappa shape index (κ1) is 10.6. The van der Waals surface area contributed by atoms with E-state index < -0.39 is 0 Å². The van der Waals surface area contributed by atoms with Gasteiger partial charge in [-0.05, 0) is 12.1 Å². The van der Waals surface area contributed by atoms with E-state index in [1.54, 1.807) is 12.4 Å². The Labute approximate surface area is 60.1 Å². The zero-order valence-corrected chi connectivity index (χ0v) is 5.64. The van der Waals surface area contributed by atoms with Crippen LogP contribution in [0.15, 0.2) is 30.6 Å². The molecule has 1 aromatic rings. The van der Waals surface area contributed by atoms with Crippen molar-refractivity contribution in [2.45, 2.75) is 0 Å². The quantitative estimate of drug-likeness (QED) is 0.406. The van der Waals surface area contributed by atoms with Gasteiger partial charge in [0.2, 0.25) is 0 Å². The molecule has 1 heterocycles. The fraction of sp³-hybridized carbons (Fsp3) is 0. The van der Waals surface area contributed by atoms with E-state index in [1.807, 2.05) is 18.2 Å². The minimum Gasteiger partial charge on any atom is -0.358 e. The van der Waals surface area contributed by atoms with Crippen LogP contribution in [-0.2, 0) is 16.5 Å². The maximum atomic E-state index is 3.78. The minimum absolute atomic E-state index is 0. The molecular weight excluding hydrogens is 145 g/mol. The summed E-state index contributed by atoms with van der Waals surface area (Å²) in [5, 5.41) is 0. The molecule has 0 aliphatic rings. The van der Waals surface area contributed by atoms with Crippen molar-refractivity contribution in [3.05, 3.63) is 38.0 Å². The van der Waals surface area contributed by atoms with Crippen LogP contribution >= 0.6 is 0 Å². The zero-order chi connectivity index (χ0) is 4.24. The molecule has 0 radical (unpaired) electrons. The smallest absolute Gasteiger partial charge is 0.0267 e. The number of hydrogen-bond acceptors (Lipinski definition) is 1. The first-order valence-corrected chi connectivity index (χ1v) is 1.85. The van der Waals surface area contributed by atoms with Crippen molar-refractivity contribution in [1.82, 2.24) is 4.98 Å². The van der Waals surface area contributed by atoms with Crippen molar-refractivity contribution < 1.29 is 16.5 Å². The Morgan fingerprint density at radius 3 is 1.50 bits per heavy atom. The van der Waals surface area contributed by atoms with Gasteiger partial charge in [0.15, 0.2) is 0 Å². The van der Waals surface area contributed by atoms with Crippen molar-refractivity contribution in [3.63, 3.8) is 0 Å². The molecular formula is C6H8NNi-. The van der Waals surface area contributed by atoms with Gasteiger partial charge in [0.1, 0.15) is 0 Å². The van der Waals surface area contributed by atoms with Gasteiger partial charge in [-0.25, -0.2) is 0 Å². The summed E-state index contributed by atoms with van der Waals surface area (Å²) < 4.78 is 0. The van der Waals surface area contributed by atoms with Crippen molar-refractivity contribution in [3.8, 4) is 0 Å². The first-order valence-electron chi connectivity index (χ1n) is 1.85. The van der Waals surface area contributed by atoms with E-state index in [1.165, 1.54) is 0 Å². The monoisotopic (exact) mass is 152 g/mol. The molecule has 0 bridgehead atoms. The summed E-state index contributed by atoms with van der Waals surface area (Å²) in [6.07, 6.45) is 3.50. The SMILES string of the molecule is [CH3-].[Ni].c1ccncc1. The summed E-state index contributed by atoms with van der Waals surface area (Å²) in [6.45, 7) is 0. The average Bonchev–Trinajstić information content (AvgIpc) is 1.72. The predicted octanol–water partition coefficient (Wildman–Crippen LogP) is 1.53. The molecule has 0 spiro atoms. The topological polar surface area (TPSA) is 12.9 Å². The van der Waals surface area contributed by atoms with Gasteiger partial charge < -0.3 is 7.43 Å².